The van der Waals surface area contributed by atoms with E-state index in [1.165, 1.54) is 0 Å². The molecule has 0 aliphatic heterocycles. The number of nitriles is 1. The van der Waals surface area contributed by atoms with Crippen LogP contribution in [0.15, 0.2) is 0 Å². The molecule has 0 atom stereocenters. The van der Waals surface area contributed by atoms with Gasteiger partial charge in [0.1, 0.15) is 0 Å². The number of nitrogens with two attached hydrogens (primary N) is 1. The predicted molar refractivity (Wildman–Crippen MR) is 31.2 cm³/mol. The van der Waals surface area contributed by atoms with Gasteiger partial charge in [0.05, 0.1) is 32.3 Å². The molecular formula is C5H10N2O2. The molecule has 0 unspecified atom stereocenters. The van der Waals surface area contributed by atoms with Crippen molar-refractivity contribution < 1.29 is 9.57 Å². The maximum absolute atomic E-state index is 8.04. The third-order valence-corrected chi connectivity index (χ3v) is 0.704. The summed E-state index contributed by atoms with van der Waals surface area (Å²) in [6, 6.07) is 1.95. The van der Waals surface area contributed by atoms with Crippen molar-refractivity contribution in [3.63, 3.8) is 0 Å². The van der Waals surface area contributed by atoms with Gasteiger partial charge in [-0.3, -0.25) is 0 Å². The van der Waals surface area contributed by atoms with Gasteiger partial charge in [0.2, 0.25) is 0 Å². The lowest BCUT2D eigenvalue weighted by Gasteiger charge is -1.97. The molecule has 4 heteroatoms. The molecule has 0 aromatic carbocycles. The Labute approximate surface area is 54.1 Å². The molecule has 52 valence electrons. The first-order valence-corrected chi connectivity index (χ1v) is 2.68. The fourth-order valence-corrected chi connectivity index (χ4v) is 0.327. The van der Waals surface area contributed by atoms with Gasteiger partial charge in [0.25, 0.3) is 0 Å². The van der Waals surface area contributed by atoms with Gasteiger partial charge in [0.15, 0.2) is 0 Å². The summed E-state index contributed by atoms with van der Waals surface area (Å²) in [5, 5.41) is 8.04. The predicted octanol–water partition coefficient (Wildman–Crippen LogP) is -0.193. The van der Waals surface area contributed by atoms with E-state index in [-0.39, 0.29) is 0 Å². The van der Waals surface area contributed by atoms with Crippen LogP contribution in [-0.4, -0.2) is 19.8 Å². The van der Waals surface area contributed by atoms with Crippen molar-refractivity contribution in [1.82, 2.24) is 0 Å². The molecular weight excluding hydrogens is 120 g/mol. The zero-order valence-electron chi connectivity index (χ0n) is 5.17. The number of nitrogens with zero attached hydrogens (tertiary/aromatic N) is 1. The molecule has 0 amide bonds. The van der Waals surface area contributed by atoms with E-state index in [2.05, 4.69) is 4.84 Å². The molecule has 0 aromatic heterocycles. The molecule has 0 spiro atoms. The van der Waals surface area contributed by atoms with Gasteiger partial charge < -0.3 is 9.57 Å². The van der Waals surface area contributed by atoms with E-state index < -0.39 is 0 Å². The van der Waals surface area contributed by atoms with Crippen LogP contribution >= 0.6 is 0 Å². The van der Waals surface area contributed by atoms with Crippen molar-refractivity contribution >= 4 is 0 Å². The molecule has 9 heavy (non-hydrogen) atoms. The van der Waals surface area contributed by atoms with Gasteiger partial charge in [-0.1, -0.05) is 0 Å². The highest BCUT2D eigenvalue weighted by atomic mass is 16.6. The van der Waals surface area contributed by atoms with Crippen LogP contribution < -0.4 is 5.90 Å². The van der Waals surface area contributed by atoms with Crippen LogP contribution in [0.5, 0.6) is 0 Å². The molecule has 0 bridgehead atoms. The summed E-state index contributed by atoms with van der Waals surface area (Å²) < 4.78 is 4.89. The standard InChI is InChI=1S/C5H10N2O2/c6-2-1-3-8-4-5-9-7/h1,3-5,7H2. The Morgan fingerprint density at radius 2 is 2.11 bits per heavy atom. The third-order valence-electron chi connectivity index (χ3n) is 0.704. The van der Waals surface area contributed by atoms with E-state index >= 15 is 0 Å². The summed E-state index contributed by atoms with van der Waals surface area (Å²) in [7, 11) is 0. The Morgan fingerprint density at radius 3 is 2.67 bits per heavy atom. The van der Waals surface area contributed by atoms with E-state index in [4.69, 9.17) is 15.9 Å². The molecule has 2 N–H and O–H groups in total. The lowest BCUT2D eigenvalue weighted by Crippen LogP contribution is -2.08. The molecule has 0 radical (unpaired) electrons. The maximum atomic E-state index is 8.04. The quantitative estimate of drug-likeness (QED) is 0.413. The van der Waals surface area contributed by atoms with Crippen LogP contribution in [0.2, 0.25) is 0 Å². The second-order valence-electron chi connectivity index (χ2n) is 1.39. The third kappa shape index (κ3) is 7.37. The minimum absolute atomic E-state index is 0.380. The first-order valence-electron chi connectivity index (χ1n) is 2.68. The van der Waals surface area contributed by atoms with Gasteiger partial charge in [-0.2, -0.15) is 5.26 Å². The molecule has 0 saturated heterocycles. The van der Waals surface area contributed by atoms with Crippen LogP contribution in [-0.2, 0) is 9.57 Å². The van der Waals surface area contributed by atoms with Gasteiger partial charge in [-0.15, -0.1) is 0 Å². The lowest BCUT2D eigenvalue weighted by atomic mass is 10.5. The van der Waals surface area contributed by atoms with Crippen LogP contribution in [0.1, 0.15) is 6.42 Å². The van der Waals surface area contributed by atoms with Crippen molar-refractivity contribution in [3.05, 3.63) is 0 Å². The van der Waals surface area contributed by atoms with Gasteiger partial charge in [-0.25, -0.2) is 5.90 Å². The second-order valence-corrected chi connectivity index (χ2v) is 1.39. The fourth-order valence-electron chi connectivity index (χ4n) is 0.327. The van der Waals surface area contributed by atoms with E-state index in [1.807, 2.05) is 6.07 Å². The van der Waals surface area contributed by atoms with Gasteiger partial charge in [-0.05, 0) is 0 Å². The molecule has 0 fully saturated rings. The molecule has 0 heterocycles. The van der Waals surface area contributed by atoms with E-state index in [0.717, 1.165) is 0 Å². The van der Waals surface area contributed by atoms with Crippen molar-refractivity contribution in [2.45, 2.75) is 6.42 Å². The van der Waals surface area contributed by atoms with E-state index in [1.54, 1.807) is 0 Å². The number of ether oxygens (including phenoxy) is 1. The largest absolute Gasteiger partial charge is 0.378 e. The summed E-state index contributed by atoms with van der Waals surface area (Å²) in [6.07, 6.45) is 0.421. The zero-order chi connectivity index (χ0) is 6.95. The summed E-state index contributed by atoms with van der Waals surface area (Å²) >= 11 is 0. The monoisotopic (exact) mass is 130 g/mol. The first-order chi connectivity index (χ1) is 4.41. The zero-order valence-corrected chi connectivity index (χ0v) is 5.17. The lowest BCUT2D eigenvalue weighted by molar-refractivity contribution is 0.0499. The van der Waals surface area contributed by atoms with Crippen molar-refractivity contribution in [2.24, 2.45) is 5.90 Å². The Morgan fingerprint density at radius 1 is 1.33 bits per heavy atom. The van der Waals surface area contributed by atoms with E-state index in [0.29, 0.717) is 26.2 Å². The summed E-state index contributed by atoms with van der Waals surface area (Å²) in [5.74, 6) is 4.70. The van der Waals surface area contributed by atoms with Gasteiger partial charge in [0, 0.05) is 0 Å². The average Bonchev–Trinajstić information content (AvgIpc) is 1.89. The molecule has 0 saturated carbocycles. The van der Waals surface area contributed by atoms with Crippen molar-refractivity contribution in [2.75, 3.05) is 19.8 Å². The molecule has 0 aromatic rings. The van der Waals surface area contributed by atoms with E-state index in [9.17, 15) is 0 Å². The number of rotatable bonds is 5. The van der Waals surface area contributed by atoms with Crippen molar-refractivity contribution in [1.29, 1.82) is 5.26 Å². The maximum Gasteiger partial charge on any atom is 0.0913 e. The Balaban J connectivity index is 2.69. The van der Waals surface area contributed by atoms with Crippen LogP contribution in [0.4, 0.5) is 0 Å². The van der Waals surface area contributed by atoms with Crippen LogP contribution in [0, 0.1) is 11.3 Å². The van der Waals surface area contributed by atoms with Crippen LogP contribution in [0.3, 0.4) is 0 Å². The Hall–Kier alpha value is -0.630. The average molecular weight is 130 g/mol. The summed E-state index contributed by atoms with van der Waals surface area (Å²) in [6.45, 7) is 1.30. The highest BCUT2D eigenvalue weighted by Crippen LogP contribution is 1.78. The first kappa shape index (κ1) is 8.37. The second kappa shape index (κ2) is 7.37. The number of hydrogen-bond acceptors (Lipinski definition) is 4. The number of hydrogen-bond donors (Lipinski definition) is 1. The minimum atomic E-state index is 0.380. The molecule has 0 aliphatic carbocycles. The Kier molecular flexibility index (Phi) is 6.85. The fraction of sp³-hybridized carbons (Fsp3) is 0.800. The molecule has 0 aliphatic rings. The smallest absolute Gasteiger partial charge is 0.0913 e. The minimum Gasteiger partial charge on any atom is -0.378 e. The van der Waals surface area contributed by atoms with Crippen LogP contribution in [0.25, 0.3) is 0 Å². The summed E-state index contributed by atoms with van der Waals surface area (Å²) in [5.41, 5.74) is 0. The van der Waals surface area contributed by atoms with Gasteiger partial charge >= 0.3 is 0 Å². The highest BCUT2D eigenvalue weighted by Gasteiger charge is 1.84. The normalized spacial score (nSPS) is 8.89. The topological polar surface area (TPSA) is 68.3 Å². The highest BCUT2D eigenvalue weighted by molar-refractivity contribution is 4.66. The Bertz CT molecular complexity index is 89.4. The summed E-state index contributed by atoms with van der Waals surface area (Å²) in [4.78, 5) is 4.21. The van der Waals surface area contributed by atoms with Crippen molar-refractivity contribution in [3.8, 4) is 6.07 Å². The molecule has 0 rings (SSSR count). The SMILES string of the molecule is N#CCCOCCON. The molecule has 4 nitrogen and oxygen atoms in total.